The number of nitrogens with one attached hydrogen (secondary N) is 3. The summed E-state index contributed by atoms with van der Waals surface area (Å²) in [7, 11) is 0. The van der Waals surface area contributed by atoms with E-state index in [0.717, 1.165) is 30.8 Å². The highest BCUT2D eigenvalue weighted by Crippen LogP contribution is 2.13. The topological polar surface area (TPSA) is 54.8 Å². The normalized spacial score (nSPS) is 14.2. The summed E-state index contributed by atoms with van der Waals surface area (Å²) in [5, 5.41) is 6.11. The van der Waals surface area contributed by atoms with Crippen LogP contribution in [-0.2, 0) is 6.54 Å². The van der Waals surface area contributed by atoms with Gasteiger partial charge in [0.05, 0.1) is 19.7 Å². The van der Waals surface area contributed by atoms with E-state index < -0.39 is 0 Å². The molecule has 30 heavy (non-hydrogen) atoms. The molecule has 0 aliphatic carbocycles. The van der Waals surface area contributed by atoms with Gasteiger partial charge in [-0.15, -0.1) is 0 Å². The summed E-state index contributed by atoms with van der Waals surface area (Å²) in [6.45, 7) is 6.41. The van der Waals surface area contributed by atoms with Crippen LogP contribution in [0.25, 0.3) is 0 Å². The predicted octanol–water partition coefficient (Wildman–Crippen LogP) is 3.56. The number of hydrogen-bond acceptors (Lipinski definition) is 3. The minimum absolute atomic E-state index is 0.238. The summed E-state index contributed by atoms with van der Waals surface area (Å²) in [6.07, 6.45) is 6.14. The first-order chi connectivity index (χ1) is 14.6. The van der Waals surface area contributed by atoms with Crippen molar-refractivity contribution in [1.82, 2.24) is 5.32 Å². The van der Waals surface area contributed by atoms with Crippen LogP contribution in [0.1, 0.15) is 54.9 Å². The second-order valence-corrected chi connectivity index (χ2v) is 8.23. The standard InChI is InChI=1S/C24H31N3O2S/c1-2-3-17-29-22-13-9-20(10-14-22)23(28)26-24(30)25-21-11-7-19(8-12-21)18-27-15-5-4-6-16-27/h7-14H,2-6,15-18H2,1H3,(H2,25,26,28,30)/p+1. The summed E-state index contributed by atoms with van der Waals surface area (Å²) in [4.78, 5) is 14.1. The highest BCUT2D eigenvalue weighted by atomic mass is 32.1. The van der Waals surface area contributed by atoms with E-state index in [0.29, 0.717) is 12.2 Å². The van der Waals surface area contributed by atoms with Crippen molar-refractivity contribution in [3.63, 3.8) is 0 Å². The molecule has 5 nitrogen and oxygen atoms in total. The third-order valence-corrected chi connectivity index (χ3v) is 5.54. The molecule has 1 aliphatic heterocycles. The number of thiocarbonyl (C=S) groups is 1. The fraction of sp³-hybridized carbons (Fsp3) is 0.417. The molecular formula is C24H32N3O2S+. The summed E-state index contributed by atoms with van der Waals surface area (Å²) in [5.41, 5.74) is 2.74. The van der Waals surface area contributed by atoms with Crippen LogP contribution in [-0.4, -0.2) is 30.7 Å². The van der Waals surface area contributed by atoms with E-state index in [1.54, 1.807) is 17.0 Å². The number of quaternary nitrogens is 1. The molecule has 0 atom stereocenters. The zero-order chi connectivity index (χ0) is 21.2. The molecule has 1 fully saturated rings. The van der Waals surface area contributed by atoms with Crippen molar-refractivity contribution < 1.29 is 14.4 Å². The third-order valence-electron chi connectivity index (χ3n) is 5.34. The molecule has 6 heteroatoms. The molecule has 0 bridgehead atoms. The zero-order valence-electron chi connectivity index (χ0n) is 17.7. The lowest BCUT2D eigenvalue weighted by Crippen LogP contribution is -3.11. The molecule has 0 saturated carbocycles. The molecule has 3 N–H and O–H groups in total. The Labute approximate surface area is 184 Å². The van der Waals surface area contributed by atoms with Gasteiger partial charge in [-0.05, 0) is 74.3 Å². The molecule has 1 amide bonds. The van der Waals surface area contributed by atoms with Gasteiger partial charge in [0.1, 0.15) is 12.3 Å². The minimum atomic E-state index is -0.238. The van der Waals surface area contributed by atoms with Gasteiger partial charge >= 0.3 is 0 Å². The number of likely N-dealkylation sites (tertiary alicyclic amines) is 1. The fourth-order valence-electron chi connectivity index (χ4n) is 3.60. The van der Waals surface area contributed by atoms with Crippen LogP contribution in [0.15, 0.2) is 48.5 Å². The Morgan fingerprint density at radius 2 is 1.73 bits per heavy atom. The third kappa shape index (κ3) is 7.11. The van der Waals surface area contributed by atoms with E-state index in [1.165, 1.54) is 37.9 Å². The zero-order valence-corrected chi connectivity index (χ0v) is 18.5. The molecule has 0 radical (unpaired) electrons. The highest BCUT2D eigenvalue weighted by molar-refractivity contribution is 7.80. The molecule has 1 heterocycles. The van der Waals surface area contributed by atoms with E-state index in [-0.39, 0.29) is 11.0 Å². The minimum Gasteiger partial charge on any atom is -0.494 e. The van der Waals surface area contributed by atoms with Crippen LogP contribution in [0.3, 0.4) is 0 Å². The van der Waals surface area contributed by atoms with Crippen molar-refractivity contribution in [2.45, 2.75) is 45.6 Å². The van der Waals surface area contributed by atoms with E-state index in [9.17, 15) is 4.79 Å². The number of amides is 1. The smallest absolute Gasteiger partial charge is 0.257 e. The van der Waals surface area contributed by atoms with Crippen molar-refractivity contribution in [3.05, 3.63) is 59.7 Å². The first-order valence-corrected chi connectivity index (χ1v) is 11.3. The van der Waals surface area contributed by atoms with Gasteiger partial charge in [-0.3, -0.25) is 10.1 Å². The van der Waals surface area contributed by atoms with Crippen LogP contribution in [0.4, 0.5) is 5.69 Å². The number of piperidine rings is 1. The quantitative estimate of drug-likeness (QED) is 0.446. The Kier molecular flexibility index (Phi) is 8.66. The van der Waals surface area contributed by atoms with Crippen molar-refractivity contribution in [3.8, 4) is 5.75 Å². The van der Waals surface area contributed by atoms with Gasteiger partial charge in [0.2, 0.25) is 0 Å². The van der Waals surface area contributed by atoms with E-state index in [1.807, 2.05) is 24.3 Å². The predicted molar refractivity (Wildman–Crippen MR) is 125 cm³/mol. The van der Waals surface area contributed by atoms with Crippen molar-refractivity contribution in [2.75, 3.05) is 25.0 Å². The lowest BCUT2D eigenvalue weighted by molar-refractivity contribution is -0.918. The van der Waals surface area contributed by atoms with Gasteiger partial charge in [-0.1, -0.05) is 25.5 Å². The van der Waals surface area contributed by atoms with E-state index >= 15 is 0 Å². The van der Waals surface area contributed by atoms with Gasteiger partial charge in [0, 0.05) is 16.8 Å². The van der Waals surface area contributed by atoms with Gasteiger partial charge in [-0.2, -0.15) is 0 Å². The van der Waals surface area contributed by atoms with Crippen LogP contribution in [0.2, 0.25) is 0 Å². The number of rotatable bonds is 8. The largest absolute Gasteiger partial charge is 0.494 e. The Morgan fingerprint density at radius 3 is 2.40 bits per heavy atom. The first kappa shape index (κ1) is 22.2. The number of anilines is 1. The lowest BCUT2D eigenvalue weighted by Gasteiger charge is -2.23. The van der Waals surface area contributed by atoms with Gasteiger partial charge in [0.15, 0.2) is 5.11 Å². The number of carbonyl (C=O) groups excluding carboxylic acids is 1. The molecule has 0 spiro atoms. The Morgan fingerprint density at radius 1 is 1.03 bits per heavy atom. The van der Waals surface area contributed by atoms with Crippen LogP contribution >= 0.6 is 12.2 Å². The van der Waals surface area contributed by atoms with Crippen LogP contribution in [0, 0.1) is 0 Å². The van der Waals surface area contributed by atoms with Gasteiger partial charge < -0.3 is 15.0 Å². The molecule has 2 aromatic carbocycles. The Hall–Kier alpha value is -2.44. The second-order valence-electron chi connectivity index (χ2n) is 7.82. The monoisotopic (exact) mass is 426 g/mol. The van der Waals surface area contributed by atoms with Crippen LogP contribution < -0.4 is 20.3 Å². The van der Waals surface area contributed by atoms with Crippen molar-refractivity contribution in [1.29, 1.82) is 0 Å². The average Bonchev–Trinajstić information content (AvgIpc) is 2.76. The SMILES string of the molecule is CCCCOc1ccc(C(=O)NC(=S)Nc2ccc(C[NH+]3CCCCC3)cc2)cc1. The number of ether oxygens (including phenoxy) is 1. The van der Waals surface area contributed by atoms with Crippen molar-refractivity contribution >= 4 is 28.9 Å². The maximum Gasteiger partial charge on any atom is 0.257 e. The van der Waals surface area contributed by atoms with E-state index in [2.05, 4.69) is 29.7 Å². The Bertz CT molecular complexity index is 815. The van der Waals surface area contributed by atoms with Gasteiger partial charge in [-0.25, -0.2) is 0 Å². The number of carbonyl (C=O) groups is 1. The summed E-state index contributed by atoms with van der Waals surface area (Å²) < 4.78 is 5.63. The molecule has 0 unspecified atom stereocenters. The second kappa shape index (κ2) is 11.7. The number of hydrogen-bond donors (Lipinski definition) is 3. The molecule has 1 aliphatic rings. The maximum absolute atomic E-state index is 12.4. The highest BCUT2D eigenvalue weighted by Gasteiger charge is 2.14. The summed E-state index contributed by atoms with van der Waals surface area (Å²) in [6, 6.07) is 15.4. The molecule has 1 saturated heterocycles. The fourth-order valence-corrected chi connectivity index (χ4v) is 3.81. The molecule has 0 aromatic heterocycles. The Balaban J connectivity index is 1.45. The lowest BCUT2D eigenvalue weighted by atomic mass is 10.1. The average molecular weight is 427 g/mol. The molecule has 160 valence electrons. The first-order valence-electron chi connectivity index (χ1n) is 10.9. The van der Waals surface area contributed by atoms with Crippen molar-refractivity contribution in [2.24, 2.45) is 0 Å². The maximum atomic E-state index is 12.4. The molecule has 3 rings (SSSR count). The number of benzene rings is 2. The molecular weight excluding hydrogens is 394 g/mol. The summed E-state index contributed by atoms with van der Waals surface area (Å²) in [5.74, 6) is 0.533. The van der Waals surface area contributed by atoms with E-state index in [4.69, 9.17) is 17.0 Å². The van der Waals surface area contributed by atoms with Crippen LogP contribution in [0.5, 0.6) is 5.75 Å². The summed E-state index contributed by atoms with van der Waals surface area (Å²) >= 11 is 5.30. The molecule has 2 aromatic rings. The number of unbranched alkanes of at least 4 members (excludes halogenated alkanes) is 1. The van der Waals surface area contributed by atoms with Gasteiger partial charge in [0.25, 0.3) is 5.91 Å².